The van der Waals surface area contributed by atoms with Gasteiger partial charge in [-0.15, -0.1) is 11.3 Å². The zero-order chi connectivity index (χ0) is 19.8. The first-order chi connectivity index (χ1) is 13.5. The molecule has 2 aliphatic rings. The van der Waals surface area contributed by atoms with E-state index in [0.29, 0.717) is 0 Å². The number of fused-ring (bicyclic) bond motifs is 1. The fourth-order valence-corrected chi connectivity index (χ4v) is 6.57. The number of thioether (sulfide) groups is 1. The van der Waals surface area contributed by atoms with Crippen LogP contribution in [0.25, 0.3) is 10.2 Å². The predicted octanol–water partition coefficient (Wildman–Crippen LogP) is 4.68. The molecule has 2 fully saturated rings. The van der Waals surface area contributed by atoms with E-state index in [1.807, 2.05) is 23.3 Å². The molecule has 1 aliphatic carbocycles. The Labute approximate surface area is 174 Å². The van der Waals surface area contributed by atoms with Crippen LogP contribution in [-0.2, 0) is 4.79 Å². The zero-order valence-corrected chi connectivity index (χ0v) is 18.6. The lowest BCUT2D eigenvalue weighted by atomic mass is 10.1. The second-order valence-corrected chi connectivity index (χ2v) is 10.6. The number of carbonyl (C=O) groups excluding carboxylic acids is 1. The highest BCUT2D eigenvalue weighted by atomic mass is 32.2. The predicted molar refractivity (Wildman–Crippen MR) is 117 cm³/mol. The summed E-state index contributed by atoms with van der Waals surface area (Å²) in [6.45, 7) is 7.74. The lowest BCUT2D eigenvalue weighted by Gasteiger charge is -2.29. The normalized spacial score (nSPS) is 19.5. The zero-order valence-electron chi connectivity index (χ0n) is 17.0. The van der Waals surface area contributed by atoms with Crippen LogP contribution in [0.3, 0.4) is 0 Å². The Balaban J connectivity index is 1.71. The third kappa shape index (κ3) is 3.63. The monoisotopic (exact) mass is 419 g/mol. The minimum Gasteiger partial charge on any atom is -0.342 e. The molecule has 152 valence electrons. The standard InChI is InChI=1S/C21H29N3O2S2/c1-13-14(2)27-18-17(13)20(26)24(16-9-5-6-10-16)21(22-18)28-15(3)19(25)23-11-7-4-8-12-23/h15-16H,4-12H2,1-3H3. The van der Waals surface area contributed by atoms with E-state index in [2.05, 4.69) is 6.92 Å². The van der Waals surface area contributed by atoms with Gasteiger partial charge in [0.05, 0.1) is 10.6 Å². The fourth-order valence-electron chi connectivity index (χ4n) is 4.44. The van der Waals surface area contributed by atoms with Crippen molar-refractivity contribution in [3.05, 3.63) is 20.8 Å². The molecule has 1 amide bonds. The number of likely N-dealkylation sites (tertiary alicyclic amines) is 1. The molecule has 3 heterocycles. The Bertz CT molecular complexity index is 937. The number of rotatable bonds is 4. The summed E-state index contributed by atoms with van der Waals surface area (Å²) in [5.41, 5.74) is 1.14. The van der Waals surface area contributed by atoms with Crippen molar-refractivity contribution in [3.63, 3.8) is 0 Å². The van der Waals surface area contributed by atoms with Crippen molar-refractivity contribution in [3.8, 4) is 0 Å². The second-order valence-electron chi connectivity index (χ2n) is 8.12. The van der Waals surface area contributed by atoms with Crippen LogP contribution >= 0.6 is 23.1 Å². The van der Waals surface area contributed by atoms with Crippen LogP contribution in [0, 0.1) is 13.8 Å². The first-order valence-corrected chi connectivity index (χ1v) is 12.1. The molecular formula is C21H29N3O2S2. The maximum Gasteiger partial charge on any atom is 0.263 e. The van der Waals surface area contributed by atoms with Gasteiger partial charge in [0.25, 0.3) is 5.56 Å². The minimum absolute atomic E-state index is 0.0823. The van der Waals surface area contributed by atoms with E-state index in [0.717, 1.165) is 77.4 Å². The van der Waals surface area contributed by atoms with Crippen LogP contribution in [0.1, 0.15) is 68.4 Å². The lowest BCUT2D eigenvalue weighted by Crippen LogP contribution is -2.40. The molecule has 1 saturated heterocycles. The molecule has 0 bridgehead atoms. The van der Waals surface area contributed by atoms with E-state index < -0.39 is 0 Å². The molecule has 4 rings (SSSR count). The molecule has 1 unspecified atom stereocenters. The Hall–Kier alpha value is -1.34. The van der Waals surface area contributed by atoms with E-state index in [-0.39, 0.29) is 22.8 Å². The average molecular weight is 420 g/mol. The third-order valence-electron chi connectivity index (χ3n) is 6.19. The van der Waals surface area contributed by atoms with Crippen molar-refractivity contribution in [2.75, 3.05) is 13.1 Å². The van der Waals surface area contributed by atoms with Crippen LogP contribution in [0.4, 0.5) is 0 Å². The fraction of sp³-hybridized carbons (Fsp3) is 0.667. The SMILES string of the molecule is Cc1sc2nc(SC(C)C(=O)N3CCCCC3)n(C3CCCC3)c(=O)c2c1C. The molecule has 0 radical (unpaired) electrons. The Morgan fingerprint density at radius 2 is 1.82 bits per heavy atom. The Morgan fingerprint density at radius 1 is 1.14 bits per heavy atom. The molecule has 0 N–H and O–H groups in total. The maximum absolute atomic E-state index is 13.4. The quantitative estimate of drug-likeness (QED) is 0.533. The lowest BCUT2D eigenvalue weighted by molar-refractivity contribution is -0.131. The number of aryl methyl sites for hydroxylation is 2. The first-order valence-electron chi connectivity index (χ1n) is 10.4. The summed E-state index contributed by atoms with van der Waals surface area (Å²) in [6, 6.07) is 0.212. The number of carbonyl (C=O) groups is 1. The van der Waals surface area contributed by atoms with Gasteiger partial charge in [-0.05, 0) is 58.4 Å². The van der Waals surface area contributed by atoms with Crippen molar-refractivity contribution in [1.29, 1.82) is 0 Å². The number of hydrogen-bond acceptors (Lipinski definition) is 5. The van der Waals surface area contributed by atoms with Gasteiger partial charge in [-0.25, -0.2) is 4.98 Å². The molecule has 5 nitrogen and oxygen atoms in total. The number of aromatic nitrogens is 2. The van der Waals surface area contributed by atoms with Gasteiger partial charge in [0.2, 0.25) is 5.91 Å². The minimum atomic E-state index is -0.225. The van der Waals surface area contributed by atoms with Crippen LogP contribution in [0.15, 0.2) is 9.95 Å². The summed E-state index contributed by atoms with van der Waals surface area (Å²) in [7, 11) is 0. The molecule has 2 aromatic heterocycles. The van der Waals surface area contributed by atoms with Gasteiger partial charge < -0.3 is 4.90 Å². The molecule has 1 saturated carbocycles. The molecule has 2 aromatic rings. The van der Waals surface area contributed by atoms with Crippen LogP contribution in [0.2, 0.25) is 0 Å². The number of amides is 1. The van der Waals surface area contributed by atoms with Crippen molar-refractivity contribution < 1.29 is 4.79 Å². The van der Waals surface area contributed by atoms with Crippen LogP contribution in [0.5, 0.6) is 0 Å². The molecular weight excluding hydrogens is 390 g/mol. The molecule has 1 aliphatic heterocycles. The smallest absolute Gasteiger partial charge is 0.263 e. The molecule has 0 aromatic carbocycles. The summed E-state index contributed by atoms with van der Waals surface area (Å²) in [4.78, 5) is 35.2. The van der Waals surface area contributed by atoms with Crippen molar-refractivity contribution in [2.45, 2.75) is 82.2 Å². The van der Waals surface area contributed by atoms with Gasteiger partial charge in [0.1, 0.15) is 4.83 Å². The highest BCUT2D eigenvalue weighted by molar-refractivity contribution is 8.00. The Kier molecular flexibility index (Phi) is 5.83. The summed E-state index contributed by atoms with van der Waals surface area (Å²) >= 11 is 3.06. The van der Waals surface area contributed by atoms with Crippen molar-refractivity contribution in [1.82, 2.24) is 14.5 Å². The highest BCUT2D eigenvalue weighted by Crippen LogP contribution is 2.36. The topological polar surface area (TPSA) is 55.2 Å². The second kappa shape index (κ2) is 8.19. The van der Waals surface area contributed by atoms with Crippen LogP contribution < -0.4 is 5.56 Å². The first kappa shape index (κ1) is 20.0. The molecule has 0 spiro atoms. The van der Waals surface area contributed by atoms with Gasteiger partial charge >= 0.3 is 0 Å². The third-order valence-corrected chi connectivity index (χ3v) is 8.35. The Morgan fingerprint density at radius 3 is 2.50 bits per heavy atom. The van der Waals surface area contributed by atoms with Gasteiger partial charge in [-0.3, -0.25) is 14.2 Å². The number of nitrogens with zero attached hydrogens (tertiary/aromatic N) is 3. The largest absolute Gasteiger partial charge is 0.342 e. The summed E-state index contributed by atoms with van der Waals surface area (Å²) in [5.74, 6) is 0.176. The summed E-state index contributed by atoms with van der Waals surface area (Å²) in [5, 5.41) is 1.27. The van der Waals surface area contributed by atoms with E-state index in [1.165, 1.54) is 18.2 Å². The molecule has 1 atom stereocenters. The van der Waals surface area contributed by atoms with E-state index in [9.17, 15) is 9.59 Å². The summed E-state index contributed by atoms with van der Waals surface area (Å²) in [6.07, 6.45) is 7.75. The number of hydrogen-bond donors (Lipinski definition) is 0. The van der Waals surface area contributed by atoms with Crippen molar-refractivity contribution >= 4 is 39.2 Å². The van der Waals surface area contributed by atoms with E-state index in [1.54, 1.807) is 11.3 Å². The van der Waals surface area contributed by atoms with E-state index in [4.69, 9.17) is 4.98 Å². The maximum atomic E-state index is 13.4. The number of thiophene rings is 1. The van der Waals surface area contributed by atoms with Gasteiger partial charge in [-0.2, -0.15) is 0 Å². The highest BCUT2D eigenvalue weighted by Gasteiger charge is 2.29. The molecule has 28 heavy (non-hydrogen) atoms. The van der Waals surface area contributed by atoms with Crippen molar-refractivity contribution in [2.24, 2.45) is 0 Å². The van der Waals surface area contributed by atoms with Gasteiger partial charge in [0, 0.05) is 24.0 Å². The van der Waals surface area contributed by atoms with Crippen LogP contribution in [-0.4, -0.2) is 38.7 Å². The van der Waals surface area contributed by atoms with Gasteiger partial charge in [0.15, 0.2) is 5.16 Å². The molecule has 7 heteroatoms. The number of piperidine rings is 1. The summed E-state index contributed by atoms with van der Waals surface area (Å²) < 4.78 is 1.92. The van der Waals surface area contributed by atoms with E-state index >= 15 is 0 Å². The van der Waals surface area contributed by atoms with Gasteiger partial charge in [-0.1, -0.05) is 24.6 Å². The average Bonchev–Trinajstić information content (AvgIpc) is 3.30.